The Morgan fingerprint density at radius 3 is 2.26 bits per heavy atom. The Kier molecular flexibility index (Phi) is 5.89. The third-order valence-corrected chi connectivity index (χ3v) is 8.82. The maximum Gasteiger partial charge on any atom is 0.235 e. The van der Waals surface area contributed by atoms with Crippen LogP contribution in [0.1, 0.15) is 69.3 Å². The van der Waals surface area contributed by atoms with Crippen molar-refractivity contribution in [1.29, 1.82) is 0 Å². The molecule has 5 atom stereocenters. The number of phenols is 1. The summed E-state index contributed by atoms with van der Waals surface area (Å²) >= 11 is 0. The molecule has 10 nitrogen and oxygen atoms in total. The number of benzene rings is 1. The van der Waals surface area contributed by atoms with Crippen molar-refractivity contribution >= 4 is 34.7 Å². The zero-order valence-electron chi connectivity index (χ0n) is 22.1. The molecular formula is C28H35N3O7. The van der Waals surface area contributed by atoms with E-state index in [-0.39, 0.29) is 47.7 Å². The lowest BCUT2D eigenvalue weighted by atomic mass is 9.54. The first-order chi connectivity index (χ1) is 17.6. The van der Waals surface area contributed by atoms with E-state index in [1.54, 1.807) is 12.1 Å². The molecule has 1 aliphatic heterocycles. The van der Waals surface area contributed by atoms with Crippen LogP contribution in [0.3, 0.4) is 0 Å². The van der Waals surface area contributed by atoms with Crippen LogP contribution in [0.15, 0.2) is 12.1 Å². The SMILES string of the molecule is CC1(C)CC(Nc2ccc3c(c2O)C(=O)C2C(=O)[C@]4(O)C(=O)C(C(N)=O)C(=O)C[C@@H]4C[C@@H]2C3)CC(C)(C)N1. The van der Waals surface area contributed by atoms with Gasteiger partial charge in [0.2, 0.25) is 5.91 Å². The molecular weight excluding hydrogens is 490 g/mol. The van der Waals surface area contributed by atoms with Crippen molar-refractivity contribution in [3.8, 4) is 5.75 Å². The van der Waals surface area contributed by atoms with Gasteiger partial charge >= 0.3 is 0 Å². The summed E-state index contributed by atoms with van der Waals surface area (Å²) in [5, 5.41) is 29.5. The lowest BCUT2D eigenvalue weighted by Crippen LogP contribution is -2.68. The second-order valence-electron chi connectivity index (χ2n) is 12.9. The molecule has 0 aromatic heterocycles. The molecule has 10 heteroatoms. The van der Waals surface area contributed by atoms with Crippen LogP contribution < -0.4 is 16.4 Å². The number of aliphatic hydroxyl groups is 1. The monoisotopic (exact) mass is 525 g/mol. The zero-order chi connectivity index (χ0) is 27.9. The van der Waals surface area contributed by atoms with Gasteiger partial charge in [0, 0.05) is 29.5 Å². The van der Waals surface area contributed by atoms with Gasteiger partial charge in [-0.15, -0.1) is 0 Å². The molecule has 3 aliphatic carbocycles. The molecule has 1 heterocycles. The second kappa shape index (κ2) is 8.44. The number of primary amides is 1. The number of hydrogen-bond donors (Lipinski definition) is 5. The number of carbonyl (C=O) groups excluding carboxylic acids is 5. The fraction of sp³-hybridized carbons (Fsp3) is 0.607. The van der Waals surface area contributed by atoms with Gasteiger partial charge in [-0.3, -0.25) is 24.0 Å². The molecule has 1 amide bonds. The van der Waals surface area contributed by atoms with Crippen LogP contribution in [-0.4, -0.2) is 62.0 Å². The second-order valence-corrected chi connectivity index (χ2v) is 12.9. The number of piperidine rings is 1. The van der Waals surface area contributed by atoms with Crippen molar-refractivity contribution in [2.24, 2.45) is 29.4 Å². The van der Waals surface area contributed by atoms with E-state index in [1.807, 2.05) is 0 Å². The summed E-state index contributed by atoms with van der Waals surface area (Å²) in [5.74, 6) is -9.98. The molecule has 2 unspecified atom stereocenters. The average Bonchev–Trinajstić information content (AvgIpc) is 2.75. The Labute approximate surface area is 220 Å². The van der Waals surface area contributed by atoms with E-state index < -0.39 is 58.3 Å². The maximum atomic E-state index is 13.7. The number of hydrogen-bond acceptors (Lipinski definition) is 9. The third-order valence-electron chi connectivity index (χ3n) is 8.82. The first kappa shape index (κ1) is 26.5. The Morgan fingerprint density at radius 1 is 1.03 bits per heavy atom. The molecule has 0 radical (unpaired) electrons. The molecule has 0 spiro atoms. The smallest absolute Gasteiger partial charge is 0.235 e. The number of fused-ring (bicyclic) bond motifs is 3. The first-order valence-corrected chi connectivity index (χ1v) is 13.1. The van der Waals surface area contributed by atoms with E-state index in [2.05, 4.69) is 38.3 Å². The van der Waals surface area contributed by atoms with Crippen LogP contribution in [0, 0.1) is 23.7 Å². The molecule has 1 aromatic carbocycles. The van der Waals surface area contributed by atoms with Gasteiger partial charge < -0.3 is 26.6 Å². The first-order valence-electron chi connectivity index (χ1n) is 13.1. The number of Topliss-reactive ketones (excluding diaryl/α,β-unsaturated/α-hetero) is 4. The number of anilines is 1. The van der Waals surface area contributed by atoms with Gasteiger partial charge in [-0.25, -0.2) is 0 Å². The lowest BCUT2D eigenvalue weighted by Gasteiger charge is -2.48. The fourth-order valence-electron chi connectivity index (χ4n) is 7.70. The Balaban J connectivity index is 1.47. The summed E-state index contributed by atoms with van der Waals surface area (Å²) in [6.07, 6.45) is 1.57. The van der Waals surface area contributed by atoms with Crippen LogP contribution in [0.25, 0.3) is 0 Å². The van der Waals surface area contributed by atoms with Crippen LogP contribution in [0.2, 0.25) is 0 Å². The average molecular weight is 526 g/mol. The minimum Gasteiger partial charge on any atom is -0.505 e. The predicted octanol–water partition coefficient (Wildman–Crippen LogP) is 1.05. The highest BCUT2D eigenvalue weighted by molar-refractivity contribution is 6.31. The lowest BCUT2D eigenvalue weighted by molar-refractivity contribution is -0.175. The van der Waals surface area contributed by atoms with E-state index in [0.717, 1.165) is 12.8 Å². The number of rotatable bonds is 3. The standard InChI is InChI=1S/C28H35N3O7/c1-26(2)10-15(11-27(3,4)31-26)30-16-6-5-12-7-13-8-14-9-17(32)20(25(29)37)24(36)28(14,38)23(35)19(13)22(34)18(12)21(16)33/h5-6,13-15,19-20,30-31,33,38H,7-11H2,1-4H3,(H2,29,37)/t13-,14-,19?,20?,28-/m0/s1. The van der Waals surface area contributed by atoms with Crippen molar-refractivity contribution in [3.05, 3.63) is 23.3 Å². The van der Waals surface area contributed by atoms with Crippen molar-refractivity contribution in [2.75, 3.05) is 5.32 Å². The number of nitrogens with two attached hydrogens (primary N) is 1. The summed E-state index contributed by atoms with van der Waals surface area (Å²) in [6, 6.07) is 3.50. The molecule has 3 fully saturated rings. The number of nitrogens with one attached hydrogen (secondary N) is 2. The number of amides is 1. The van der Waals surface area contributed by atoms with Gasteiger partial charge in [0.25, 0.3) is 0 Å². The van der Waals surface area contributed by atoms with Gasteiger partial charge in [-0.05, 0) is 70.9 Å². The number of carbonyl (C=O) groups is 5. The molecule has 38 heavy (non-hydrogen) atoms. The predicted molar refractivity (Wildman–Crippen MR) is 136 cm³/mol. The quantitative estimate of drug-likeness (QED) is 0.285. The highest BCUT2D eigenvalue weighted by Crippen LogP contribution is 2.50. The van der Waals surface area contributed by atoms with E-state index in [4.69, 9.17) is 5.73 Å². The normalized spacial score (nSPS) is 34.2. The molecule has 1 aromatic rings. The Bertz CT molecular complexity index is 1270. The van der Waals surface area contributed by atoms with E-state index in [1.165, 1.54) is 0 Å². The topological polar surface area (TPSA) is 176 Å². The Hall–Kier alpha value is -3.11. The van der Waals surface area contributed by atoms with Gasteiger partial charge in [0.1, 0.15) is 5.75 Å². The third kappa shape index (κ3) is 3.96. The van der Waals surface area contributed by atoms with E-state index in [0.29, 0.717) is 11.3 Å². The molecule has 6 N–H and O–H groups in total. The summed E-state index contributed by atoms with van der Waals surface area (Å²) in [5.41, 5.74) is 3.25. The minimum absolute atomic E-state index is 0.00453. The van der Waals surface area contributed by atoms with E-state index >= 15 is 0 Å². The fourth-order valence-corrected chi connectivity index (χ4v) is 7.70. The maximum absolute atomic E-state index is 13.7. The largest absolute Gasteiger partial charge is 0.505 e. The van der Waals surface area contributed by atoms with Crippen LogP contribution in [-0.2, 0) is 25.6 Å². The molecule has 0 bridgehead atoms. The summed E-state index contributed by atoms with van der Waals surface area (Å²) in [6.45, 7) is 8.42. The molecule has 2 saturated carbocycles. The van der Waals surface area contributed by atoms with Crippen molar-refractivity contribution < 1.29 is 34.2 Å². The number of phenolic OH excluding ortho intramolecular Hbond substituents is 1. The molecule has 5 rings (SSSR count). The number of ketones is 4. The number of aromatic hydroxyl groups is 1. The van der Waals surface area contributed by atoms with Crippen LogP contribution in [0.5, 0.6) is 5.75 Å². The van der Waals surface area contributed by atoms with Gasteiger partial charge in [0.15, 0.2) is 34.7 Å². The van der Waals surface area contributed by atoms with Gasteiger partial charge in [-0.1, -0.05) is 6.07 Å². The minimum atomic E-state index is -2.64. The molecule has 1 saturated heterocycles. The van der Waals surface area contributed by atoms with Crippen LogP contribution >= 0.6 is 0 Å². The summed E-state index contributed by atoms with van der Waals surface area (Å²) in [7, 11) is 0. The molecule has 204 valence electrons. The van der Waals surface area contributed by atoms with Crippen molar-refractivity contribution in [3.63, 3.8) is 0 Å². The van der Waals surface area contributed by atoms with Gasteiger partial charge in [0.05, 0.1) is 17.2 Å². The van der Waals surface area contributed by atoms with Crippen molar-refractivity contribution in [2.45, 2.75) is 82.5 Å². The summed E-state index contributed by atoms with van der Waals surface area (Å²) < 4.78 is 0. The van der Waals surface area contributed by atoms with Crippen molar-refractivity contribution in [1.82, 2.24) is 5.32 Å². The van der Waals surface area contributed by atoms with Gasteiger partial charge in [-0.2, -0.15) is 0 Å². The zero-order valence-corrected chi connectivity index (χ0v) is 22.1. The van der Waals surface area contributed by atoms with Crippen LogP contribution in [0.4, 0.5) is 5.69 Å². The highest BCUT2D eigenvalue weighted by Gasteiger charge is 2.66. The highest BCUT2D eigenvalue weighted by atomic mass is 16.3. The Morgan fingerprint density at radius 2 is 1.66 bits per heavy atom. The molecule has 4 aliphatic rings. The summed E-state index contributed by atoms with van der Waals surface area (Å²) in [4.78, 5) is 64.6. The van der Waals surface area contributed by atoms with E-state index in [9.17, 15) is 34.2 Å².